The molecule has 1 heterocycles. The quantitative estimate of drug-likeness (QED) is 0.885. The minimum absolute atomic E-state index is 0.106. The van der Waals surface area contributed by atoms with Crippen molar-refractivity contribution in [2.45, 2.75) is 45.5 Å². The van der Waals surface area contributed by atoms with Crippen LogP contribution >= 0.6 is 0 Å². The van der Waals surface area contributed by atoms with Crippen LogP contribution in [0.4, 0.5) is 5.69 Å². The number of hydrogen-bond acceptors (Lipinski definition) is 4. The van der Waals surface area contributed by atoms with Gasteiger partial charge in [0, 0.05) is 39.3 Å². The van der Waals surface area contributed by atoms with E-state index in [4.69, 9.17) is 14.2 Å². The summed E-state index contributed by atoms with van der Waals surface area (Å²) in [5, 5.41) is 3.38. The van der Waals surface area contributed by atoms with E-state index in [0.29, 0.717) is 0 Å². The zero-order valence-corrected chi connectivity index (χ0v) is 12.4. The summed E-state index contributed by atoms with van der Waals surface area (Å²) in [5.41, 5.74) is 0.928. The van der Waals surface area contributed by atoms with Crippen LogP contribution in [0.5, 0.6) is 11.5 Å². The molecule has 19 heavy (non-hydrogen) atoms. The number of ether oxygens (including phenoxy) is 3. The zero-order valence-electron chi connectivity index (χ0n) is 12.4. The van der Waals surface area contributed by atoms with Crippen molar-refractivity contribution < 1.29 is 14.2 Å². The first-order valence-corrected chi connectivity index (χ1v) is 6.62. The second-order valence-electron chi connectivity index (χ2n) is 5.91. The zero-order chi connectivity index (χ0) is 14.1. The molecule has 0 fully saturated rings. The molecule has 0 bridgehead atoms. The molecular formula is C15H23NO3. The number of methoxy groups -OCH3 is 1. The smallest absolute Gasteiger partial charge is 0.246 e. The molecule has 1 aromatic carbocycles. The van der Waals surface area contributed by atoms with Crippen LogP contribution < -0.4 is 14.8 Å². The molecule has 1 N–H and O–H groups in total. The molecule has 0 saturated heterocycles. The van der Waals surface area contributed by atoms with Gasteiger partial charge < -0.3 is 19.5 Å². The molecule has 0 unspecified atom stereocenters. The van der Waals surface area contributed by atoms with Crippen molar-refractivity contribution in [2.24, 2.45) is 0 Å². The first-order chi connectivity index (χ1) is 8.81. The van der Waals surface area contributed by atoms with Crippen molar-refractivity contribution in [3.63, 3.8) is 0 Å². The van der Waals surface area contributed by atoms with Crippen LogP contribution in [0.1, 0.15) is 34.1 Å². The van der Waals surface area contributed by atoms with Crippen molar-refractivity contribution >= 4 is 5.69 Å². The molecule has 0 atom stereocenters. The predicted molar refractivity (Wildman–Crippen MR) is 76.0 cm³/mol. The molecule has 0 aromatic heterocycles. The Balaban J connectivity index is 1.94. The van der Waals surface area contributed by atoms with Crippen molar-refractivity contribution in [2.75, 3.05) is 19.0 Å². The number of benzene rings is 1. The third-order valence-corrected chi connectivity index (χ3v) is 3.26. The van der Waals surface area contributed by atoms with E-state index < -0.39 is 5.79 Å². The lowest BCUT2D eigenvalue weighted by molar-refractivity contribution is -0.0431. The molecule has 4 heteroatoms. The van der Waals surface area contributed by atoms with Crippen LogP contribution in [0.3, 0.4) is 0 Å². The van der Waals surface area contributed by atoms with E-state index in [1.807, 2.05) is 32.0 Å². The van der Waals surface area contributed by atoms with Gasteiger partial charge in [0.05, 0.1) is 5.60 Å². The maximum Gasteiger partial charge on any atom is 0.246 e. The van der Waals surface area contributed by atoms with Gasteiger partial charge in [0.1, 0.15) is 0 Å². The number of hydrogen-bond donors (Lipinski definition) is 1. The van der Waals surface area contributed by atoms with Gasteiger partial charge in [0.15, 0.2) is 11.5 Å². The van der Waals surface area contributed by atoms with Crippen LogP contribution in [0, 0.1) is 0 Å². The summed E-state index contributed by atoms with van der Waals surface area (Å²) in [6, 6.07) is 5.92. The second kappa shape index (κ2) is 4.93. The van der Waals surface area contributed by atoms with E-state index in [1.165, 1.54) is 0 Å². The van der Waals surface area contributed by atoms with Gasteiger partial charge in [-0.25, -0.2) is 0 Å². The van der Waals surface area contributed by atoms with Gasteiger partial charge in [0.25, 0.3) is 0 Å². The van der Waals surface area contributed by atoms with E-state index in [1.54, 1.807) is 7.11 Å². The predicted octanol–water partition coefficient (Wildman–Crippen LogP) is 3.42. The fraction of sp³-hybridized carbons (Fsp3) is 0.600. The number of fused-ring (bicyclic) bond motifs is 1. The van der Waals surface area contributed by atoms with Crippen LogP contribution in [0.15, 0.2) is 18.2 Å². The topological polar surface area (TPSA) is 39.7 Å². The second-order valence-corrected chi connectivity index (χ2v) is 5.91. The van der Waals surface area contributed by atoms with E-state index in [2.05, 4.69) is 19.2 Å². The highest BCUT2D eigenvalue weighted by Crippen LogP contribution is 2.40. The molecule has 0 spiro atoms. The maximum absolute atomic E-state index is 5.72. The molecule has 1 aliphatic heterocycles. The molecule has 4 nitrogen and oxygen atoms in total. The summed E-state index contributed by atoms with van der Waals surface area (Å²) < 4.78 is 16.8. The average Bonchev–Trinajstić information content (AvgIpc) is 2.62. The number of nitrogens with one attached hydrogen (secondary N) is 1. The molecule has 0 aliphatic carbocycles. The molecule has 1 aliphatic rings. The Labute approximate surface area is 115 Å². The summed E-state index contributed by atoms with van der Waals surface area (Å²) in [4.78, 5) is 0. The Kier molecular flexibility index (Phi) is 3.63. The summed E-state index contributed by atoms with van der Waals surface area (Å²) in [6.45, 7) is 8.82. The maximum atomic E-state index is 5.72. The van der Waals surface area contributed by atoms with Crippen LogP contribution in [-0.2, 0) is 4.74 Å². The first kappa shape index (κ1) is 14.0. The Morgan fingerprint density at radius 3 is 2.58 bits per heavy atom. The Bertz CT molecular complexity index is 455. The van der Waals surface area contributed by atoms with Gasteiger partial charge in [-0.15, -0.1) is 0 Å². The van der Waals surface area contributed by atoms with Gasteiger partial charge in [-0.2, -0.15) is 0 Å². The average molecular weight is 265 g/mol. The van der Waals surface area contributed by atoms with E-state index in [9.17, 15) is 0 Å². The Hall–Kier alpha value is -1.42. The molecule has 0 amide bonds. The normalized spacial score (nSPS) is 16.5. The van der Waals surface area contributed by atoms with E-state index >= 15 is 0 Å². The van der Waals surface area contributed by atoms with Crippen LogP contribution in [0.2, 0.25) is 0 Å². The van der Waals surface area contributed by atoms with Gasteiger partial charge in [-0.3, -0.25) is 0 Å². The lowest BCUT2D eigenvalue weighted by Crippen LogP contribution is -2.29. The summed E-state index contributed by atoms with van der Waals surface area (Å²) >= 11 is 0. The van der Waals surface area contributed by atoms with Crippen LogP contribution in [0.25, 0.3) is 0 Å². The standard InChI is InChI=1S/C15H23NO3/c1-14(2,17-5)8-9-16-11-6-7-12-13(10-11)19-15(3,4)18-12/h6-7,10,16H,8-9H2,1-5H3. The lowest BCUT2D eigenvalue weighted by atomic mass is 10.1. The van der Waals surface area contributed by atoms with Crippen molar-refractivity contribution in [3.05, 3.63) is 18.2 Å². The van der Waals surface area contributed by atoms with Crippen molar-refractivity contribution in [1.82, 2.24) is 0 Å². The van der Waals surface area contributed by atoms with Gasteiger partial charge in [0.2, 0.25) is 5.79 Å². The number of anilines is 1. The summed E-state index contributed by atoms with van der Waals surface area (Å²) in [6.07, 6.45) is 0.934. The highest BCUT2D eigenvalue weighted by atomic mass is 16.7. The van der Waals surface area contributed by atoms with Gasteiger partial charge in [-0.05, 0) is 32.4 Å². The highest BCUT2D eigenvalue weighted by molar-refractivity contribution is 5.56. The largest absolute Gasteiger partial charge is 0.449 e. The highest BCUT2D eigenvalue weighted by Gasteiger charge is 2.31. The summed E-state index contributed by atoms with van der Waals surface area (Å²) in [5.74, 6) is 1.02. The van der Waals surface area contributed by atoms with Crippen molar-refractivity contribution in [1.29, 1.82) is 0 Å². The van der Waals surface area contributed by atoms with E-state index in [-0.39, 0.29) is 5.60 Å². The van der Waals surface area contributed by atoms with E-state index in [0.717, 1.165) is 30.2 Å². The lowest BCUT2D eigenvalue weighted by Gasteiger charge is -2.23. The molecule has 0 saturated carbocycles. The fourth-order valence-corrected chi connectivity index (χ4v) is 1.94. The fourth-order valence-electron chi connectivity index (χ4n) is 1.94. The minimum atomic E-state index is -0.570. The SMILES string of the molecule is COC(C)(C)CCNc1ccc2c(c1)OC(C)(C)O2. The molecule has 106 valence electrons. The first-order valence-electron chi connectivity index (χ1n) is 6.62. The van der Waals surface area contributed by atoms with Crippen molar-refractivity contribution in [3.8, 4) is 11.5 Å². The van der Waals surface area contributed by atoms with Gasteiger partial charge in [-0.1, -0.05) is 0 Å². The molecule has 2 rings (SSSR count). The minimum Gasteiger partial charge on any atom is -0.449 e. The number of rotatable bonds is 5. The summed E-state index contributed by atoms with van der Waals surface area (Å²) in [7, 11) is 1.74. The Morgan fingerprint density at radius 2 is 1.89 bits per heavy atom. The molecule has 0 radical (unpaired) electrons. The Morgan fingerprint density at radius 1 is 1.21 bits per heavy atom. The third kappa shape index (κ3) is 3.53. The van der Waals surface area contributed by atoms with Crippen LogP contribution in [-0.4, -0.2) is 25.0 Å². The molecule has 1 aromatic rings. The third-order valence-electron chi connectivity index (χ3n) is 3.26. The van der Waals surface area contributed by atoms with Gasteiger partial charge >= 0.3 is 0 Å². The molecular weight excluding hydrogens is 242 g/mol. The monoisotopic (exact) mass is 265 g/mol.